The van der Waals surface area contributed by atoms with Gasteiger partial charge in [0, 0.05) is 26.2 Å². The number of benzene rings is 1. The van der Waals surface area contributed by atoms with Crippen molar-refractivity contribution in [2.24, 2.45) is 10.9 Å². The number of likely N-dealkylation sites (tertiary alicyclic amines) is 1. The van der Waals surface area contributed by atoms with E-state index in [1.165, 1.54) is 5.56 Å². The molecule has 1 aromatic rings. The number of carbonyl (C=O) groups excluding carboxylic acids is 1. The number of rotatable bonds is 8. The molecule has 1 N–H and O–H groups in total. The third-order valence-electron chi connectivity index (χ3n) is 4.66. The average molecular weight is 376 g/mol. The predicted octanol–water partition coefficient (Wildman–Crippen LogP) is 2.87. The van der Waals surface area contributed by atoms with E-state index in [9.17, 15) is 4.79 Å². The molecule has 0 aromatic heterocycles. The average Bonchev–Trinajstić information content (AvgIpc) is 2.69. The molecule has 2 rings (SSSR count). The summed E-state index contributed by atoms with van der Waals surface area (Å²) < 4.78 is 10.8. The van der Waals surface area contributed by atoms with Gasteiger partial charge in [0.15, 0.2) is 5.96 Å². The summed E-state index contributed by atoms with van der Waals surface area (Å²) in [5, 5.41) is 3.38. The largest absolute Gasteiger partial charge is 0.494 e. The van der Waals surface area contributed by atoms with E-state index in [2.05, 4.69) is 23.2 Å². The second-order valence-electron chi connectivity index (χ2n) is 6.54. The number of carbonyl (C=O) groups is 1. The van der Waals surface area contributed by atoms with Crippen LogP contribution in [0.15, 0.2) is 29.3 Å². The molecule has 1 aliphatic heterocycles. The van der Waals surface area contributed by atoms with Crippen molar-refractivity contribution in [3.05, 3.63) is 29.8 Å². The number of aliphatic imine (C=N–C) groups is 1. The van der Waals surface area contributed by atoms with E-state index in [0.29, 0.717) is 19.8 Å². The molecular weight excluding hydrogens is 342 g/mol. The van der Waals surface area contributed by atoms with Gasteiger partial charge in [0.25, 0.3) is 0 Å². The minimum absolute atomic E-state index is 0.0159. The lowest BCUT2D eigenvalue weighted by Gasteiger charge is -2.33. The minimum atomic E-state index is -0.0633. The number of para-hydroxylation sites is 1. The Balaban J connectivity index is 1.92. The number of hydrogen-bond donors (Lipinski definition) is 1. The highest BCUT2D eigenvalue weighted by molar-refractivity contribution is 5.80. The Morgan fingerprint density at radius 3 is 2.59 bits per heavy atom. The highest BCUT2D eigenvalue weighted by atomic mass is 16.5. The van der Waals surface area contributed by atoms with Gasteiger partial charge in [-0.3, -0.25) is 9.79 Å². The summed E-state index contributed by atoms with van der Waals surface area (Å²) in [7, 11) is 0. The lowest BCUT2D eigenvalue weighted by Crippen LogP contribution is -2.46. The number of nitrogens with zero attached hydrogens (tertiary/aromatic N) is 2. The Labute approximate surface area is 162 Å². The first-order chi connectivity index (χ1) is 13.2. The van der Waals surface area contributed by atoms with Crippen LogP contribution in [0.2, 0.25) is 0 Å². The number of nitrogens with one attached hydrogen (secondary N) is 1. The molecule has 0 atom stereocenters. The van der Waals surface area contributed by atoms with Gasteiger partial charge < -0.3 is 19.7 Å². The number of guanidine groups is 1. The summed E-state index contributed by atoms with van der Waals surface area (Å²) in [6.07, 6.45) is 2.47. The Hall–Kier alpha value is -2.24. The predicted molar refractivity (Wildman–Crippen MR) is 108 cm³/mol. The lowest BCUT2D eigenvalue weighted by atomic mass is 9.97. The van der Waals surface area contributed by atoms with E-state index < -0.39 is 0 Å². The summed E-state index contributed by atoms with van der Waals surface area (Å²) in [4.78, 5) is 19.0. The molecule has 0 radical (unpaired) electrons. The number of piperidine rings is 1. The molecule has 0 saturated carbocycles. The Morgan fingerprint density at radius 2 is 1.93 bits per heavy atom. The van der Waals surface area contributed by atoms with Crippen LogP contribution in [-0.4, -0.2) is 56.2 Å². The maximum absolute atomic E-state index is 11.9. The Bertz CT molecular complexity index is 610. The summed E-state index contributed by atoms with van der Waals surface area (Å²) >= 11 is 0. The zero-order valence-electron chi connectivity index (χ0n) is 16.9. The zero-order valence-corrected chi connectivity index (χ0v) is 16.9. The summed E-state index contributed by atoms with van der Waals surface area (Å²) in [6.45, 7) is 10.2. The van der Waals surface area contributed by atoms with Crippen LogP contribution in [0.1, 0.15) is 39.2 Å². The first kappa shape index (κ1) is 21.1. The van der Waals surface area contributed by atoms with Crippen molar-refractivity contribution < 1.29 is 14.3 Å². The van der Waals surface area contributed by atoms with Gasteiger partial charge in [0.05, 0.1) is 19.1 Å². The lowest BCUT2D eigenvalue weighted by molar-refractivity contribution is -0.149. The second kappa shape index (κ2) is 11.5. The smallest absolute Gasteiger partial charge is 0.309 e. The first-order valence-corrected chi connectivity index (χ1v) is 10.1. The van der Waals surface area contributed by atoms with Crippen molar-refractivity contribution in [3.63, 3.8) is 0 Å². The van der Waals surface area contributed by atoms with Crippen LogP contribution in [0.4, 0.5) is 0 Å². The molecule has 0 aliphatic carbocycles. The normalized spacial score (nSPS) is 15.5. The topological polar surface area (TPSA) is 63.2 Å². The Kier molecular flexibility index (Phi) is 8.95. The van der Waals surface area contributed by atoms with Gasteiger partial charge in [-0.2, -0.15) is 0 Å². The van der Waals surface area contributed by atoms with Gasteiger partial charge in [-0.1, -0.05) is 18.2 Å². The number of hydrogen-bond acceptors (Lipinski definition) is 4. The van der Waals surface area contributed by atoms with Crippen LogP contribution >= 0.6 is 0 Å². The highest BCUT2D eigenvalue weighted by Gasteiger charge is 2.27. The maximum atomic E-state index is 11.9. The fourth-order valence-corrected chi connectivity index (χ4v) is 3.30. The van der Waals surface area contributed by atoms with Crippen molar-refractivity contribution in [1.29, 1.82) is 0 Å². The minimum Gasteiger partial charge on any atom is -0.494 e. The van der Waals surface area contributed by atoms with Gasteiger partial charge in [-0.05, 0) is 51.7 Å². The van der Waals surface area contributed by atoms with E-state index >= 15 is 0 Å². The quantitative estimate of drug-likeness (QED) is 0.430. The zero-order chi connectivity index (χ0) is 19.5. The van der Waals surface area contributed by atoms with Crippen LogP contribution in [0.25, 0.3) is 0 Å². The summed E-state index contributed by atoms with van der Waals surface area (Å²) in [5.74, 6) is 1.82. The van der Waals surface area contributed by atoms with E-state index in [1.807, 2.05) is 32.0 Å². The van der Waals surface area contributed by atoms with E-state index in [-0.39, 0.29) is 11.9 Å². The van der Waals surface area contributed by atoms with Crippen LogP contribution in [0, 0.1) is 5.92 Å². The van der Waals surface area contributed by atoms with Crippen LogP contribution < -0.4 is 10.1 Å². The molecule has 150 valence electrons. The molecule has 27 heavy (non-hydrogen) atoms. The van der Waals surface area contributed by atoms with Crippen molar-refractivity contribution in [3.8, 4) is 5.75 Å². The molecule has 0 unspecified atom stereocenters. The molecule has 6 heteroatoms. The van der Waals surface area contributed by atoms with Crippen molar-refractivity contribution >= 4 is 11.9 Å². The van der Waals surface area contributed by atoms with Crippen molar-refractivity contribution in [2.75, 3.05) is 39.4 Å². The van der Waals surface area contributed by atoms with E-state index in [4.69, 9.17) is 14.5 Å². The molecular formula is C21H33N3O3. The molecule has 1 saturated heterocycles. The van der Waals surface area contributed by atoms with Gasteiger partial charge in [0.1, 0.15) is 5.75 Å². The standard InChI is InChI=1S/C21H33N3O3/c1-4-22-21(24-15-12-18(13-16-24)20(25)27-6-3)23-14-11-17-9-7-8-10-19(17)26-5-2/h7-10,18H,4-6,11-16H2,1-3H3,(H,22,23). The molecule has 1 fully saturated rings. The molecule has 1 heterocycles. The number of ether oxygens (including phenoxy) is 2. The second-order valence-corrected chi connectivity index (χ2v) is 6.54. The molecule has 0 spiro atoms. The Morgan fingerprint density at radius 1 is 1.19 bits per heavy atom. The SMILES string of the molecule is CCNC(=NCCc1ccccc1OCC)N1CCC(C(=O)OCC)CC1. The van der Waals surface area contributed by atoms with Gasteiger partial charge in [-0.25, -0.2) is 0 Å². The third kappa shape index (κ3) is 6.45. The van der Waals surface area contributed by atoms with Crippen molar-refractivity contribution in [1.82, 2.24) is 10.2 Å². The molecule has 1 aliphatic rings. The first-order valence-electron chi connectivity index (χ1n) is 10.1. The monoisotopic (exact) mass is 375 g/mol. The molecule has 0 amide bonds. The summed E-state index contributed by atoms with van der Waals surface area (Å²) in [6, 6.07) is 8.13. The van der Waals surface area contributed by atoms with Crippen LogP contribution in [0.3, 0.4) is 0 Å². The van der Waals surface area contributed by atoms with Gasteiger partial charge in [0.2, 0.25) is 0 Å². The van der Waals surface area contributed by atoms with Crippen LogP contribution in [-0.2, 0) is 16.0 Å². The van der Waals surface area contributed by atoms with Crippen LogP contribution in [0.5, 0.6) is 5.75 Å². The van der Waals surface area contributed by atoms with Crippen molar-refractivity contribution in [2.45, 2.75) is 40.0 Å². The number of esters is 1. The fraction of sp³-hybridized carbons (Fsp3) is 0.619. The third-order valence-corrected chi connectivity index (χ3v) is 4.66. The van der Waals surface area contributed by atoms with E-state index in [0.717, 1.165) is 50.6 Å². The summed E-state index contributed by atoms with van der Waals surface area (Å²) in [5.41, 5.74) is 1.18. The maximum Gasteiger partial charge on any atom is 0.309 e. The fourth-order valence-electron chi connectivity index (χ4n) is 3.30. The molecule has 6 nitrogen and oxygen atoms in total. The molecule has 1 aromatic carbocycles. The van der Waals surface area contributed by atoms with Gasteiger partial charge in [-0.15, -0.1) is 0 Å². The molecule has 0 bridgehead atoms. The van der Waals surface area contributed by atoms with E-state index in [1.54, 1.807) is 0 Å². The highest BCUT2D eigenvalue weighted by Crippen LogP contribution is 2.20. The van der Waals surface area contributed by atoms with Gasteiger partial charge >= 0.3 is 5.97 Å².